The van der Waals surface area contributed by atoms with Crippen LogP contribution in [0, 0.1) is 5.92 Å². The number of alkyl halides is 4. The topological polar surface area (TPSA) is 29.1 Å². The van der Waals surface area contributed by atoms with E-state index in [0.29, 0.717) is 12.5 Å². The Morgan fingerprint density at radius 1 is 1.33 bits per heavy atom. The molecule has 0 saturated carbocycles. The lowest BCUT2D eigenvalue weighted by atomic mass is 10.1. The molecular weight excluding hydrogens is 415 g/mol. The Morgan fingerprint density at radius 3 is 2.48 bits per heavy atom. The zero-order chi connectivity index (χ0) is 16.2. The molecule has 0 aliphatic heterocycles. The Labute approximate surface area is 138 Å². The average Bonchev–Trinajstić information content (AvgIpc) is 2.34. The van der Waals surface area contributed by atoms with Crippen LogP contribution in [0.4, 0.5) is 13.2 Å². The number of hydrogen-bond acceptors (Lipinski definition) is 1. The van der Waals surface area contributed by atoms with Crippen LogP contribution in [0.5, 0.6) is 0 Å². The van der Waals surface area contributed by atoms with E-state index in [9.17, 15) is 18.0 Å². The van der Waals surface area contributed by atoms with Crippen molar-refractivity contribution >= 4 is 37.8 Å². The second-order valence-corrected chi connectivity index (χ2v) is 7.28. The first kappa shape index (κ1) is 18.5. The molecular formula is C14H16Br2F3NO. The average molecular weight is 431 g/mol. The van der Waals surface area contributed by atoms with E-state index in [1.54, 1.807) is 0 Å². The third kappa shape index (κ3) is 5.98. The molecule has 7 heteroatoms. The van der Waals surface area contributed by atoms with Gasteiger partial charge >= 0.3 is 6.18 Å². The summed E-state index contributed by atoms with van der Waals surface area (Å²) in [6, 6.07) is 3.45. The third-order valence-electron chi connectivity index (χ3n) is 2.75. The van der Waals surface area contributed by atoms with Gasteiger partial charge in [0.25, 0.3) is 5.91 Å². The van der Waals surface area contributed by atoms with E-state index in [-0.39, 0.29) is 14.9 Å². The second kappa shape index (κ2) is 7.63. The smallest absolute Gasteiger partial charge is 0.351 e. The molecule has 0 aliphatic rings. The van der Waals surface area contributed by atoms with Crippen LogP contribution in [0.25, 0.3) is 0 Å². The van der Waals surface area contributed by atoms with Crippen LogP contribution in [0.2, 0.25) is 0 Å². The fourth-order valence-electron chi connectivity index (χ4n) is 1.78. The quantitative estimate of drug-likeness (QED) is 0.653. The van der Waals surface area contributed by atoms with Gasteiger partial charge in [0.15, 0.2) is 0 Å². The van der Waals surface area contributed by atoms with Gasteiger partial charge in [0.1, 0.15) is 0 Å². The Hall–Kier alpha value is -0.560. The molecule has 21 heavy (non-hydrogen) atoms. The maximum Gasteiger partial charge on any atom is 0.417 e. The standard InChI is InChI=1S/C14H16Br2F3NO/c1-8(2)5-10(15)7-20-13(21)9-3-4-12(16)11(6-9)14(17,18)19/h3-4,6,8,10H,5,7H2,1-2H3,(H,20,21). The van der Waals surface area contributed by atoms with Crippen LogP contribution < -0.4 is 5.32 Å². The van der Waals surface area contributed by atoms with Gasteiger partial charge < -0.3 is 5.32 Å². The predicted molar refractivity (Wildman–Crippen MR) is 83.6 cm³/mol. The molecule has 1 unspecified atom stereocenters. The first-order valence-corrected chi connectivity index (χ1v) is 8.11. The highest BCUT2D eigenvalue weighted by molar-refractivity contribution is 9.10. The number of halogens is 5. The molecule has 1 atom stereocenters. The van der Waals surface area contributed by atoms with Crippen molar-refractivity contribution in [1.82, 2.24) is 5.32 Å². The Morgan fingerprint density at radius 2 is 1.95 bits per heavy atom. The van der Waals surface area contributed by atoms with E-state index >= 15 is 0 Å². The van der Waals surface area contributed by atoms with Gasteiger partial charge in [0, 0.05) is 21.4 Å². The monoisotopic (exact) mass is 429 g/mol. The molecule has 0 saturated heterocycles. The molecule has 1 amide bonds. The molecule has 0 aliphatic carbocycles. The third-order valence-corrected chi connectivity index (χ3v) is 4.13. The predicted octanol–water partition coefficient (Wildman–Crippen LogP) is 5.01. The van der Waals surface area contributed by atoms with Gasteiger partial charge in [-0.3, -0.25) is 4.79 Å². The summed E-state index contributed by atoms with van der Waals surface area (Å²) in [6.45, 7) is 4.48. The zero-order valence-corrected chi connectivity index (χ0v) is 14.8. The fourth-order valence-corrected chi connectivity index (χ4v) is 3.17. The van der Waals surface area contributed by atoms with Crippen molar-refractivity contribution in [2.24, 2.45) is 5.92 Å². The lowest BCUT2D eigenvalue weighted by molar-refractivity contribution is -0.138. The lowest BCUT2D eigenvalue weighted by Crippen LogP contribution is -2.30. The summed E-state index contributed by atoms with van der Waals surface area (Å²) in [5, 5.41) is 2.63. The zero-order valence-electron chi connectivity index (χ0n) is 11.6. The Balaban J connectivity index is 2.75. The van der Waals surface area contributed by atoms with E-state index in [1.807, 2.05) is 0 Å². The Kier molecular flexibility index (Phi) is 6.71. The summed E-state index contributed by atoms with van der Waals surface area (Å²) in [7, 11) is 0. The number of hydrogen-bond donors (Lipinski definition) is 1. The first-order valence-electron chi connectivity index (χ1n) is 6.40. The van der Waals surface area contributed by atoms with E-state index in [1.165, 1.54) is 12.1 Å². The highest BCUT2D eigenvalue weighted by atomic mass is 79.9. The van der Waals surface area contributed by atoms with Crippen LogP contribution in [-0.4, -0.2) is 17.3 Å². The number of benzene rings is 1. The van der Waals surface area contributed by atoms with Crippen LogP contribution >= 0.6 is 31.9 Å². The Bertz CT molecular complexity index is 503. The van der Waals surface area contributed by atoms with Gasteiger partial charge in [-0.05, 0) is 30.5 Å². The van der Waals surface area contributed by atoms with Gasteiger partial charge in [0.2, 0.25) is 0 Å². The van der Waals surface area contributed by atoms with Crippen LogP contribution in [0.3, 0.4) is 0 Å². The van der Waals surface area contributed by atoms with Gasteiger partial charge in [-0.2, -0.15) is 13.2 Å². The number of carbonyl (C=O) groups excluding carboxylic acids is 1. The van der Waals surface area contributed by atoms with Crippen molar-refractivity contribution in [3.05, 3.63) is 33.8 Å². The molecule has 118 valence electrons. The fraction of sp³-hybridized carbons (Fsp3) is 0.500. The maximum atomic E-state index is 12.8. The summed E-state index contributed by atoms with van der Waals surface area (Å²) >= 11 is 6.28. The summed E-state index contributed by atoms with van der Waals surface area (Å²) in [6.07, 6.45) is -3.63. The minimum atomic E-state index is -4.50. The van der Waals surface area contributed by atoms with Crippen molar-refractivity contribution in [3.8, 4) is 0 Å². The van der Waals surface area contributed by atoms with Gasteiger partial charge in [-0.15, -0.1) is 0 Å². The highest BCUT2D eigenvalue weighted by Crippen LogP contribution is 2.35. The molecule has 0 spiro atoms. The molecule has 1 aromatic rings. The number of carbonyl (C=O) groups is 1. The van der Waals surface area contributed by atoms with E-state index in [4.69, 9.17) is 0 Å². The van der Waals surface area contributed by atoms with E-state index in [2.05, 4.69) is 51.0 Å². The van der Waals surface area contributed by atoms with Crippen LogP contribution in [-0.2, 0) is 6.18 Å². The van der Waals surface area contributed by atoms with Crippen LogP contribution in [0.15, 0.2) is 22.7 Å². The summed E-state index contributed by atoms with van der Waals surface area (Å²) in [5.41, 5.74) is -0.859. The molecule has 1 rings (SSSR count). The molecule has 0 fully saturated rings. The minimum absolute atomic E-state index is 0.00484. The largest absolute Gasteiger partial charge is 0.417 e. The van der Waals surface area contributed by atoms with Crippen molar-refractivity contribution in [3.63, 3.8) is 0 Å². The van der Waals surface area contributed by atoms with Gasteiger partial charge in [-0.1, -0.05) is 45.7 Å². The lowest BCUT2D eigenvalue weighted by Gasteiger charge is -2.14. The van der Waals surface area contributed by atoms with Gasteiger partial charge in [0.05, 0.1) is 5.56 Å². The van der Waals surface area contributed by atoms with Crippen molar-refractivity contribution in [2.75, 3.05) is 6.54 Å². The maximum absolute atomic E-state index is 12.8. The van der Waals surface area contributed by atoms with Gasteiger partial charge in [-0.25, -0.2) is 0 Å². The van der Waals surface area contributed by atoms with Crippen LogP contribution in [0.1, 0.15) is 36.2 Å². The molecule has 0 heterocycles. The first-order chi connectivity index (χ1) is 9.61. The van der Waals surface area contributed by atoms with E-state index < -0.39 is 17.6 Å². The highest BCUT2D eigenvalue weighted by Gasteiger charge is 2.33. The number of rotatable bonds is 5. The van der Waals surface area contributed by atoms with Crippen molar-refractivity contribution in [2.45, 2.75) is 31.3 Å². The summed E-state index contributed by atoms with van der Waals surface area (Å²) in [4.78, 5) is 12.0. The molecule has 0 aromatic heterocycles. The molecule has 1 aromatic carbocycles. The van der Waals surface area contributed by atoms with E-state index in [0.717, 1.165) is 12.5 Å². The number of nitrogens with one attached hydrogen (secondary N) is 1. The second-order valence-electron chi connectivity index (χ2n) is 5.13. The molecule has 1 N–H and O–H groups in total. The molecule has 0 radical (unpaired) electrons. The van der Waals surface area contributed by atoms with Crippen molar-refractivity contribution in [1.29, 1.82) is 0 Å². The number of amides is 1. The van der Waals surface area contributed by atoms with Crippen molar-refractivity contribution < 1.29 is 18.0 Å². The normalized spacial score (nSPS) is 13.3. The molecule has 0 bridgehead atoms. The summed E-state index contributed by atoms with van der Waals surface area (Å²) < 4.78 is 38.3. The minimum Gasteiger partial charge on any atom is -0.351 e. The molecule has 2 nitrogen and oxygen atoms in total. The summed E-state index contributed by atoms with van der Waals surface area (Å²) in [5.74, 6) is -0.0444. The SMILES string of the molecule is CC(C)CC(Br)CNC(=O)c1ccc(Br)c(C(F)(F)F)c1.